The number of hydrogen-bond acceptors (Lipinski definition) is 4. The molecule has 1 unspecified atom stereocenters. The molecular formula is C21H28N2O3. The van der Waals surface area contributed by atoms with E-state index in [0.29, 0.717) is 37.3 Å². The maximum absolute atomic E-state index is 12.6. The third-order valence-corrected chi connectivity index (χ3v) is 5.32. The maximum atomic E-state index is 12.6. The Morgan fingerprint density at radius 1 is 1.12 bits per heavy atom. The number of rotatable bonds is 5. The van der Waals surface area contributed by atoms with Crippen molar-refractivity contribution in [1.82, 2.24) is 9.80 Å². The summed E-state index contributed by atoms with van der Waals surface area (Å²) < 4.78 is 10.6. The number of furan rings is 1. The van der Waals surface area contributed by atoms with Gasteiger partial charge in [-0.2, -0.15) is 0 Å². The summed E-state index contributed by atoms with van der Waals surface area (Å²) in [5, 5.41) is 0. The summed E-state index contributed by atoms with van der Waals surface area (Å²) in [6.45, 7) is 10.1. The number of methoxy groups -OCH3 is 1. The Kier molecular flexibility index (Phi) is 5.79. The molecule has 5 nitrogen and oxygen atoms in total. The molecule has 0 saturated carbocycles. The van der Waals surface area contributed by atoms with E-state index < -0.39 is 0 Å². The van der Waals surface area contributed by atoms with Crippen LogP contribution < -0.4 is 0 Å². The average Bonchev–Trinajstić information content (AvgIpc) is 3.12. The summed E-state index contributed by atoms with van der Waals surface area (Å²) in [6.07, 6.45) is 0. The van der Waals surface area contributed by atoms with E-state index in [2.05, 4.69) is 43.9 Å². The molecule has 1 amide bonds. The van der Waals surface area contributed by atoms with Gasteiger partial charge in [-0.25, -0.2) is 0 Å². The molecule has 5 heteroatoms. The highest BCUT2D eigenvalue weighted by Gasteiger charge is 2.27. The second kappa shape index (κ2) is 8.06. The topological polar surface area (TPSA) is 45.9 Å². The molecular weight excluding hydrogens is 328 g/mol. The summed E-state index contributed by atoms with van der Waals surface area (Å²) in [6, 6.07) is 10.6. The molecule has 1 atom stereocenters. The Bertz CT molecular complexity index is 760. The number of nitrogens with zero attached hydrogens (tertiary/aromatic N) is 2. The molecule has 0 spiro atoms. The molecule has 1 aromatic heterocycles. The van der Waals surface area contributed by atoms with Crippen molar-refractivity contribution in [2.24, 2.45) is 0 Å². The first-order valence-corrected chi connectivity index (χ1v) is 9.17. The predicted molar refractivity (Wildman–Crippen MR) is 101 cm³/mol. The van der Waals surface area contributed by atoms with Crippen molar-refractivity contribution in [2.45, 2.75) is 33.4 Å². The number of carbonyl (C=O) groups is 1. The van der Waals surface area contributed by atoms with Crippen LogP contribution in [0, 0.1) is 13.8 Å². The van der Waals surface area contributed by atoms with E-state index in [1.54, 1.807) is 19.2 Å². The highest BCUT2D eigenvalue weighted by molar-refractivity contribution is 5.91. The standard InChI is InChI=1S/C21H28N2O3/c1-15-5-6-18(13-16(15)2)17(3)22-9-11-23(12-10-22)21(24)20-8-7-19(26-20)14-25-4/h5-8,13,17H,9-12,14H2,1-4H3. The van der Waals surface area contributed by atoms with E-state index in [-0.39, 0.29) is 5.91 Å². The maximum Gasteiger partial charge on any atom is 0.289 e. The Morgan fingerprint density at radius 3 is 2.50 bits per heavy atom. The van der Waals surface area contributed by atoms with Crippen LogP contribution in [-0.4, -0.2) is 49.0 Å². The largest absolute Gasteiger partial charge is 0.453 e. The number of piperazine rings is 1. The Hall–Kier alpha value is -2.11. The summed E-state index contributed by atoms with van der Waals surface area (Å²) in [5.74, 6) is 1.04. The van der Waals surface area contributed by atoms with E-state index in [0.717, 1.165) is 13.1 Å². The highest BCUT2D eigenvalue weighted by Crippen LogP contribution is 2.24. The summed E-state index contributed by atoms with van der Waals surface area (Å²) in [5.41, 5.74) is 3.98. The number of aryl methyl sites for hydroxylation is 2. The molecule has 1 aliphatic rings. The van der Waals surface area contributed by atoms with Gasteiger partial charge >= 0.3 is 0 Å². The molecule has 0 aliphatic carbocycles. The van der Waals surface area contributed by atoms with Gasteiger partial charge in [0, 0.05) is 39.3 Å². The average molecular weight is 356 g/mol. The molecule has 2 aromatic rings. The third-order valence-electron chi connectivity index (χ3n) is 5.32. The Labute approximate surface area is 155 Å². The minimum atomic E-state index is -0.0363. The van der Waals surface area contributed by atoms with Crippen LogP contribution in [0.2, 0.25) is 0 Å². The van der Waals surface area contributed by atoms with Gasteiger partial charge in [-0.05, 0) is 49.6 Å². The van der Waals surface area contributed by atoms with Gasteiger partial charge < -0.3 is 14.1 Å². The first-order chi connectivity index (χ1) is 12.5. The molecule has 2 heterocycles. The number of hydrogen-bond donors (Lipinski definition) is 0. The third kappa shape index (κ3) is 4.00. The van der Waals surface area contributed by atoms with Gasteiger partial charge in [-0.1, -0.05) is 18.2 Å². The minimum absolute atomic E-state index is 0.0363. The molecule has 1 aromatic carbocycles. The van der Waals surface area contributed by atoms with Crippen LogP contribution in [0.5, 0.6) is 0 Å². The lowest BCUT2D eigenvalue weighted by Gasteiger charge is -2.38. The van der Waals surface area contributed by atoms with Crippen LogP contribution in [-0.2, 0) is 11.3 Å². The summed E-state index contributed by atoms with van der Waals surface area (Å²) in [4.78, 5) is 16.9. The zero-order valence-corrected chi connectivity index (χ0v) is 16.1. The molecule has 3 rings (SSSR count). The SMILES string of the molecule is COCc1ccc(C(=O)N2CCN(C(C)c3ccc(C)c(C)c3)CC2)o1. The van der Waals surface area contributed by atoms with E-state index >= 15 is 0 Å². The minimum Gasteiger partial charge on any atom is -0.453 e. The van der Waals surface area contributed by atoms with Crippen LogP contribution in [0.25, 0.3) is 0 Å². The highest BCUT2D eigenvalue weighted by atomic mass is 16.5. The van der Waals surface area contributed by atoms with Crippen molar-refractivity contribution < 1.29 is 13.9 Å². The van der Waals surface area contributed by atoms with Crippen LogP contribution in [0.15, 0.2) is 34.7 Å². The second-order valence-electron chi connectivity index (χ2n) is 7.05. The summed E-state index contributed by atoms with van der Waals surface area (Å²) in [7, 11) is 1.61. The van der Waals surface area contributed by atoms with Crippen molar-refractivity contribution in [3.63, 3.8) is 0 Å². The Balaban J connectivity index is 1.59. The lowest BCUT2D eigenvalue weighted by molar-refractivity contribution is 0.0547. The molecule has 26 heavy (non-hydrogen) atoms. The van der Waals surface area contributed by atoms with Crippen LogP contribution in [0.4, 0.5) is 0 Å². The van der Waals surface area contributed by atoms with Gasteiger partial charge in [-0.3, -0.25) is 9.69 Å². The zero-order valence-electron chi connectivity index (χ0n) is 16.1. The molecule has 0 radical (unpaired) electrons. The van der Waals surface area contributed by atoms with Crippen LogP contribution >= 0.6 is 0 Å². The number of carbonyl (C=O) groups excluding carboxylic acids is 1. The molecule has 1 aliphatic heterocycles. The smallest absolute Gasteiger partial charge is 0.289 e. The monoisotopic (exact) mass is 356 g/mol. The van der Waals surface area contributed by atoms with Crippen LogP contribution in [0.1, 0.15) is 46.0 Å². The predicted octanol–water partition coefficient (Wildman–Crippen LogP) is 3.56. The molecule has 1 fully saturated rings. The zero-order chi connectivity index (χ0) is 18.7. The number of benzene rings is 1. The van der Waals surface area contributed by atoms with Crippen molar-refractivity contribution in [3.05, 3.63) is 58.5 Å². The van der Waals surface area contributed by atoms with Gasteiger partial charge in [0.15, 0.2) is 5.76 Å². The van der Waals surface area contributed by atoms with E-state index in [1.165, 1.54) is 16.7 Å². The normalized spacial score (nSPS) is 16.7. The fraction of sp³-hybridized carbons (Fsp3) is 0.476. The molecule has 0 N–H and O–H groups in total. The van der Waals surface area contributed by atoms with E-state index in [4.69, 9.17) is 9.15 Å². The Morgan fingerprint density at radius 2 is 1.85 bits per heavy atom. The summed E-state index contributed by atoms with van der Waals surface area (Å²) >= 11 is 0. The quantitative estimate of drug-likeness (QED) is 0.822. The van der Waals surface area contributed by atoms with Crippen molar-refractivity contribution in [1.29, 1.82) is 0 Å². The van der Waals surface area contributed by atoms with Crippen molar-refractivity contribution >= 4 is 5.91 Å². The molecule has 1 saturated heterocycles. The van der Waals surface area contributed by atoms with Crippen LogP contribution in [0.3, 0.4) is 0 Å². The van der Waals surface area contributed by atoms with Crippen molar-refractivity contribution in [3.8, 4) is 0 Å². The second-order valence-corrected chi connectivity index (χ2v) is 7.05. The lowest BCUT2D eigenvalue weighted by Crippen LogP contribution is -2.49. The van der Waals surface area contributed by atoms with E-state index in [9.17, 15) is 4.79 Å². The van der Waals surface area contributed by atoms with Gasteiger partial charge in [0.2, 0.25) is 0 Å². The van der Waals surface area contributed by atoms with Gasteiger partial charge in [-0.15, -0.1) is 0 Å². The fourth-order valence-electron chi connectivity index (χ4n) is 3.42. The number of amides is 1. The molecule has 0 bridgehead atoms. The van der Waals surface area contributed by atoms with Gasteiger partial charge in [0.05, 0.1) is 0 Å². The first-order valence-electron chi connectivity index (χ1n) is 9.17. The van der Waals surface area contributed by atoms with Gasteiger partial charge in [0.1, 0.15) is 12.4 Å². The van der Waals surface area contributed by atoms with E-state index in [1.807, 2.05) is 4.90 Å². The van der Waals surface area contributed by atoms with Crippen molar-refractivity contribution in [2.75, 3.05) is 33.3 Å². The number of ether oxygens (including phenoxy) is 1. The fourth-order valence-corrected chi connectivity index (χ4v) is 3.42. The molecule has 140 valence electrons. The van der Waals surface area contributed by atoms with Gasteiger partial charge in [0.25, 0.3) is 5.91 Å². The first kappa shape index (κ1) is 18.7. The lowest BCUT2D eigenvalue weighted by atomic mass is 10.0.